The van der Waals surface area contributed by atoms with Crippen LogP contribution >= 0.6 is 11.3 Å². The van der Waals surface area contributed by atoms with Gasteiger partial charge in [-0.05, 0) is 41.8 Å². The molecule has 6 heteroatoms. The summed E-state index contributed by atoms with van der Waals surface area (Å²) in [7, 11) is 0. The molecule has 0 radical (unpaired) electrons. The molecule has 156 valence electrons. The van der Waals surface area contributed by atoms with Gasteiger partial charge in [-0.15, -0.1) is 17.9 Å². The fourth-order valence-corrected chi connectivity index (χ4v) is 3.76. The van der Waals surface area contributed by atoms with E-state index in [1.807, 2.05) is 23.6 Å². The zero-order valence-electron chi connectivity index (χ0n) is 17.2. The number of rotatable bonds is 9. The Morgan fingerprint density at radius 3 is 2.67 bits per heavy atom. The normalized spacial score (nSPS) is 10.8. The fraction of sp³-hybridized carbons (Fsp3) is 0.250. The fourth-order valence-electron chi connectivity index (χ4n) is 3.06. The molecule has 0 aliphatic rings. The van der Waals surface area contributed by atoms with Gasteiger partial charge in [-0.25, -0.2) is 9.37 Å². The Morgan fingerprint density at radius 2 is 1.97 bits per heavy atom. The molecule has 0 atom stereocenters. The van der Waals surface area contributed by atoms with Crippen LogP contribution < -0.4 is 4.74 Å². The molecule has 3 rings (SSSR count). The number of nitrogens with zero attached hydrogens (tertiary/aromatic N) is 2. The van der Waals surface area contributed by atoms with Crippen molar-refractivity contribution in [3.63, 3.8) is 0 Å². The first-order valence-electron chi connectivity index (χ1n) is 9.78. The van der Waals surface area contributed by atoms with E-state index in [1.54, 1.807) is 11.0 Å². The lowest BCUT2D eigenvalue weighted by Gasteiger charge is -2.20. The number of hydrogen-bond donors (Lipinski definition) is 0. The van der Waals surface area contributed by atoms with Crippen LogP contribution in [0.5, 0.6) is 5.75 Å². The van der Waals surface area contributed by atoms with Crippen molar-refractivity contribution in [1.82, 2.24) is 9.88 Å². The lowest BCUT2D eigenvalue weighted by atomic mass is 10.0. The van der Waals surface area contributed by atoms with Gasteiger partial charge in [-0.3, -0.25) is 4.79 Å². The minimum Gasteiger partial charge on any atom is -0.486 e. The van der Waals surface area contributed by atoms with Crippen LogP contribution in [-0.2, 0) is 13.2 Å². The summed E-state index contributed by atoms with van der Waals surface area (Å²) in [5, 5.41) is 2.78. The molecule has 0 aliphatic carbocycles. The van der Waals surface area contributed by atoms with Crippen molar-refractivity contribution in [2.45, 2.75) is 32.9 Å². The van der Waals surface area contributed by atoms with Crippen LogP contribution in [0, 0.1) is 5.82 Å². The van der Waals surface area contributed by atoms with Crippen molar-refractivity contribution in [2.75, 3.05) is 6.54 Å². The Hall–Kier alpha value is -2.99. The Labute approximate surface area is 180 Å². The first-order valence-corrected chi connectivity index (χ1v) is 10.7. The molecule has 0 fully saturated rings. The summed E-state index contributed by atoms with van der Waals surface area (Å²) in [6.07, 6.45) is 1.67. The van der Waals surface area contributed by atoms with Crippen LogP contribution in [0.25, 0.3) is 0 Å². The Kier molecular flexibility index (Phi) is 7.36. The molecule has 0 saturated heterocycles. The highest BCUT2D eigenvalue weighted by Gasteiger charge is 2.17. The minimum atomic E-state index is -0.370. The molecule has 4 nitrogen and oxygen atoms in total. The number of para-hydroxylation sites is 1. The summed E-state index contributed by atoms with van der Waals surface area (Å²) in [5.74, 6) is 0.679. The van der Waals surface area contributed by atoms with Gasteiger partial charge >= 0.3 is 0 Å². The Balaban J connectivity index is 1.66. The van der Waals surface area contributed by atoms with Gasteiger partial charge in [-0.1, -0.05) is 38.1 Å². The first kappa shape index (κ1) is 21.7. The number of carbonyl (C=O) groups is 1. The van der Waals surface area contributed by atoms with Crippen LogP contribution in [0.15, 0.2) is 66.6 Å². The van der Waals surface area contributed by atoms with E-state index < -0.39 is 0 Å². The van der Waals surface area contributed by atoms with E-state index in [4.69, 9.17) is 4.74 Å². The number of amides is 1. The zero-order chi connectivity index (χ0) is 21.5. The SMILES string of the molecule is C=CCN(Cc1csc(COc2ccccc2C(C)C)n1)C(=O)c1ccc(F)cc1. The lowest BCUT2D eigenvalue weighted by Crippen LogP contribution is -2.30. The van der Waals surface area contributed by atoms with Gasteiger partial charge in [0.2, 0.25) is 0 Å². The summed E-state index contributed by atoms with van der Waals surface area (Å²) < 4.78 is 19.1. The quantitative estimate of drug-likeness (QED) is 0.407. The van der Waals surface area contributed by atoms with Crippen LogP contribution in [-0.4, -0.2) is 22.3 Å². The molecule has 0 N–H and O–H groups in total. The number of carbonyl (C=O) groups excluding carboxylic acids is 1. The van der Waals surface area contributed by atoms with Gasteiger partial charge < -0.3 is 9.64 Å². The highest BCUT2D eigenvalue weighted by atomic mass is 32.1. The molecule has 0 saturated carbocycles. The molecule has 0 aliphatic heterocycles. The number of ether oxygens (including phenoxy) is 1. The number of thiazole rings is 1. The van der Waals surface area contributed by atoms with Gasteiger partial charge in [0.05, 0.1) is 12.2 Å². The van der Waals surface area contributed by atoms with E-state index in [0.717, 1.165) is 22.0 Å². The summed E-state index contributed by atoms with van der Waals surface area (Å²) in [6, 6.07) is 13.6. The molecular formula is C24H25FN2O2S. The van der Waals surface area contributed by atoms with Gasteiger partial charge in [0.15, 0.2) is 0 Å². The van der Waals surface area contributed by atoms with E-state index in [0.29, 0.717) is 31.2 Å². The number of aromatic nitrogens is 1. The Morgan fingerprint density at radius 1 is 1.23 bits per heavy atom. The van der Waals surface area contributed by atoms with E-state index in [9.17, 15) is 9.18 Å². The zero-order valence-corrected chi connectivity index (χ0v) is 18.0. The third kappa shape index (κ3) is 5.54. The lowest BCUT2D eigenvalue weighted by molar-refractivity contribution is 0.0761. The first-order chi connectivity index (χ1) is 14.5. The highest BCUT2D eigenvalue weighted by molar-refractivity contribution is 7.09. The van der Waals surface area contributed by atoms with Crippen molar-refractivity contribution in [1.29, 1.82) is 0 Å². The van der Waals surface area contributed by atoms with Crippen LogP contribution in [0.4, 0.5) is 4.39 Å². The Bertz CT molecular complexity index is 998. The van der Waals surface area contributed by atoms with Crippen molar-refractivity contribution in [2.24, 2.45) is 0 Å². The van der Waals surface area contributed by atoms with Crippen molar-refractivity contribution >= 4 is 17.2 Å². The van der Waals surface area contributed by atoms with Gasteiger partial charge in [-0.2, -0.15) is 0 Å². The predicted octanol–water partition coefficient (Wildman–Crippen LogP) is 5.81. The minimum absolute atomic E-state index is 0.188. The molecular weight excluding hydrogens is 399 g/mol. The standard InChI is InChI=1S/C24H25FN2O2S/c1-4-13-27(24(28)18-9-11-19(25)12-10-18)14-20-16-30-23(26-20)15-29-22-8-6-5-7-21(22)17(2)3/h4-12,16-17H,1,13-15H2,2-3H3. The van der Waals surface area contributed by atoms with E-state index >= 15 is 0 Å². The maximum absolute atomic E-state index is 13.2. The number of hydrogen-bond acceptors (Lipinski definition) is 4. The summed E-state index contributed by atoms with van der Waals surface area (Å²) in [4.78, 5) is 19.0. The second kappa shape index (κ2) is 10.2. The molecule has 1 aromatic heterocycles. The number of halogens is 1. The van der Waals surface area contributed by atoms with Crippen LogP contribution in [0.1, 0.15) is 46.4 Å². The average molecular weight is 425 g/mol. The van der Waals surface area contributed by atoms with Crippen molar-refractivity contribution < 1.29 is 13.9 Å². The smallest absolute Gasteiger partial charge is 0.254 e. The molecule has 0 unspecified atom stereocenters. The second-order valence-electron chi connectivity index (χ2n) is 7.20. The second-order valence-corrected chi connectivity index (χ2v) is 8.14. The highest BCUT2D eigenvalue weighted by Crippen LogP contribution is 2.27. The third-order valence-electron chi connectivity index (χ3n) is 4.57. The largest absolute Gasteiger partial charge is 0.486 e. The van der Waals surface area contributed by atoms with Gasteiger partial charge in [0.1, 0.15) is 23.2 Å². The number of benzene rings is 2. The van der Waals surface area contributed by atoms with Gasteiger partial charge in [0.25, 0.3) is 5.91 Å². The molecule has 3 aromatic rings. The molecule has 0 spiro atoms. The maximum Gasteiger partial charge on any atom is 0.254 e. The summed E-state index contributed by atoms with van der Waals surface area (Å²) in [5.41, 5.74) is 2.38. The van der Waals surface area contributed by atoms with Crippen molar-refractivity contribution in [3.8, 4) is 5.75 Å². The summed E-state index contributed by atoms with van der Waals surface area (Å²) >= 11 is 1.50. The topological polar surface area (TPSA) is 42.4 Å². The molecule has 1 heterocycles. The monoisotopic (exact) mass is 424 g/mol. The molecule has 1 amide bonds. The molecule has 30 heavy (non-hydrogen) atoms. The average Bonchev–Trinajstić information content (AvgIpc) is 3.19. The molecule has 2 aromatic carbocycles. The third-order valence-corrected chi connectivity index (χ3v) is 5.44. The van der Waals surface area contributed by atoms with Crippen molar-refractivity contribution in [3.05, 3.63) is 94.2 Å². The molecule has 0 bridgehead atoms. The van der Waals surface area contributed by atoms with E-state index in [-0.39, 0.29) is 11.7 Å². The summed E-state index contributed by atoms with van der Waals surface area (Å²) in [6.45, 7) is 9.10. The van der Waals surface area contributed by atoms with Crippen LogP contribution in [0.2, 0.25) is 0 Å². The van der Waals surface area contributed by atoms with E-state index in [1.165, 1.54) is 35.6 Å². The van der Waals surface area contributed by atoms with Gasteiger partial charge in [0, 0.05) is 17.5 Å². The predicted molar refractivity (Wildman–Crippen MR) is 118 cm³/mol. The van der Waals surface area contributed by atoms with E-state index in [2.05, 4.69) is 31.5 Å². The maximum atomic E-state index is 13.2. The van der Waals surface area contributed by atoms with Crippen LogP contribution in [0.3, 0.4) is 0 Å².